The van der Waals surface area contributed by atoms with Crippen molar-refractivity contribution in [2.75, 3.05) is 13.2 Å². The standard InChI is InChI=1S/C18H15ClN4O4/c19-13-3-1-6-16(11-13)27-10-8-20-18(24)17-7-9-22(21-17)14-4-2-5-15(12-14)23(25)26/h1-7,9,11-12H,8,10H2,(H,20,24). The first kappa shape index (κ1) is 18.4. The lowest BCUT2D eigenvalue weighted by Crippen LogP contribution is -2.28. The maximum Gasteiger partial charge on any atom is 0.271 e. The molecule has 27 heavy (non-hydrogen) atoms. The highest BCUT2D eigenvalue weighted by Gasteiger charge is 2.12. The summed E-state index contributed by atoms with van der Waals surface area (Å²) in [6.07, 6.45) is 1.57. The van der Waals surface area contributed by atoms with Gasteiger partial charge in [0.25, 0.3) is 11.6 Å². The zero-order valence-corrected chi connectivity index (χ0v) is 14.8. The molecular formula is C18H15ClN4O4. The van der Waals surface area contributed by atoms with Crippen molar-refractivity contribution in [1.82, 2.24) is 15.1 Å². The second-order valence-corrected chi connectivity index (χ2v) is 5.92. The van der Waals surface area contributed by atoms with Gasteiger partial charge < -0.3 is 10.1 Å². The molecule has 9 heteroatoms. The normalized spacial score (nSPS) is 10.4. The van der Waals surface area contributed by atoms with Crippen LogP contribution >= 0.6 is 11.6 Å². The average molecular weight is 387 g/mol. The van der Waals surface area contributed by atoms with Gasteiger partial charge in [0.2, 0.25) is 0 Å². The molecule has 138 valence electrons. The number of non-ortho nitro benzene ring substituents is 1. The molecule has 0 spiro atoms. The third-order valence-electron chi connectivity index (χ3n) is 3.58. The SMILES string of the molecule is O=C(NCCOc1cccc(Cl)c1)c1ccn(-c2cccc([N+](=O)[O-])c2)n1. The molecule has 0 saturated heterocycles. The van der Waals surface area contributed by atoms with E-state index in [-0.39, 0.29) is 30.4 Å². The number of rotatable bonds is 7. The van der Waals surface area contributed by atoms with Crippen LogP contribution in [0.15, 0.2) is 60.8 Å². The first-order valence-corrected chi connectivity index (χ1v) is 8.38. The number of nitro benzene ring substituents is 1. The molecule has 1 amide bonds. The minimum Gasteiger partial charge on any atom is -0.492 e. The van der Waals surface area contributed by atoms with Crippen LogP contribution in [-0.4, -0.2) is 33.8 Å². The number of carbonyl (C=O) groups is 1. The quantitative estimate of drug-likeness (QED) is 0.381. The average Bonchev–Trinajstić information content (AvgIpc) is 3.15. The maximum atomic E-state index is 12.2. The van der Waals surface area contributed by atoms with Gasteiger partial charge >= 0.3 is 0 Å². The second kappa shape index (κ2) is 8.33. The van der Waals surface area contributed by atoms with E-state index in [1.807, 2.05) is 0 Å². The molecule has 0 atom stereocenters. The number of ether oxygens (including phenoxy) is 1. The summed E-state index contributed by atoms with van der Waals surface area (Å²) in [5.41, 5.74) is 0.643. The molecule has 0 aliphatic heterocycles. The Labute approximate surface area is 159 Å². The molecule has 1 aromatic heterocycles. The molecule has 0 aliphatic rings. The van der Waals surface area contributed by atoms with Crippen molar-refractivity contribution in [3.8, 4) is 11.4 Å². The van der Waals surface area contributed by atoms with E-state index >= 15 is 0 Å². The number of amides is 1. The number of halogens is 1. The van der Waals surface area contributed by atoms with Gasteiger partial charge in [0.05, 0.1) is 17.2 Å². The lowest BCUT2D eigenvalue weighted by molar-refractivity contribution is -0.384. The molecule has 0 unspecified atom stereocenters. The zero-order valence-electron chi connectivity index (χ0n) is 14.0. The Morgan fingerprint density at radius 2 is 2.04 bits per heavy atom. The zero-order chi connectivity index (χ0) is 19.2. The largest absolute Gasteiger partial charge is 0.492 e. The van der Waals surface area contributed by atoms with E-state index in [1.54, 1.807) is 42.6 Å². The summed E-state index contributed by atoms with van der Waals surface area (Å²) in [5.74, 6) is 0.251. The Hall–Kier alpha value is -3.39. The molecule has 8 nitrogen and oxygen atoms in total. The predicted octanol–water partition coefficient (Wildman–Crippen LogP) is 3.24. The van der Waals surface area contributed by atoms with E-state index in [1.165, 1.54) is 22.9 Å². The summed E-state index contributed by atoms with van der Waals surface area (Å²) in [6, 6.07) is 14.5. The van der Waals surface area contributed by atoms with E-state index in [2.05, 4.69) is 10.4 Å². The highest BCUT2D eigenvalue weighted by Crippen LogP contribution is 2.17. The van der Waals surface area contributed by atoms with Gasteiger partial charge in [-0.3, -0.25) is 14.9 Å². The van der Waals surface area contributed by atoms with Crippen LogP contribution in [0.1, 0.15) is 10.5 Å². The number of nitro groups is 1. The van der Waals surface area contributed by atoms with E-state index in [0.717, 1.165) is 0 Å². The van der Waals surface area contributed by atoms with Crippen LogP contribution in [0.5, 0.6) is 5.75 Å². The summed E-state index contributed by atoms with van der Waals surface area (Å²) in [7, 11) is 0. The van der Waals surface area contributed by atoms with Crippen LogP contribution < -0.4 is 10.1 Å². The third-order valence-corrected chi connectivity index (χ3v) is 3.81. The number of carbonyl (C=O) groups excluding carboxylic acids is 1. The summed E-state index contributed by atoms with van der Waals surface area (Å²) in [5, 5.41) is 18.3. The fraction of sp³-hybridized carbons (Fsp3) is 0.111. The maximum absolute atomic E-state index is 12.2. The van der Waals surface area contributed by atoms with E-state index in [4.69, 9.17) is 16.3 Å². The highest BCUT2D eigenvalue weighted by molar-refractivity contribution is 6.30. The molecule has 1 N–H and O–H groups in total. The summed E-state index contributed by atoms with van der Waals surface area (Å²) >= 11 is 5.87. The van der Waals surface area contributed by atoms with Crippen LogP contribution in [0.2, 0.25) is 5.02 Å². The van der Waals surface area contributed by atoms with Gasteiger partial charge in [-0.15, -0.1) is 0 Å². The van der Waals surface area contributed by atoms with Crippen LogP contribution in [0.25, 0.3) is 5.69 Å². The molecular weight excluding hydrogens is 372 g/mol. The van der Waals surface area contributed by atoms with Gasteiger partial charge in [-0.05, 0) is 30.3 Å². The topological polar surface area (TPSA) is 99.3 Å². The second-order valence-electron chi connectivity index (χ2n) is 5.48. The molecule has 0 aliphatic carbocycles. The smallest absolute Gasteiger partial charge is 0.271 e. The summed E-state index contributed by atoms with van der Waals surface area (Å²) in [6.45, 7) is 0.562. The summed E-state index contributed by atoms with van der Waals surface area (Å²) in [4.78, 5) is 22.5. The van der Waals surface area contributed by atoms with E-state index < -0.39 is 4.92 Å². The van der Waals surface area contributed by atoms with Crippen molar-refractivity contribution in [3.05, 3.63) is 81.6 Å². The fourth-order valence-corrected chi connectivity index (χ4v) is 2.50. The molecule has 0 saturated carbocycles. The minimum atomic E-state index is -0.486. The van der Waals surface area contributed by atoms with Crippen molar-refractivity contribution in [2.45, 2.75) is 0 Å². The Morgan fingerprint density at radius 1 is 1.22 bits per heavy atom. The van der Waals surface area contributed by atoms with Gasteiger partial charge in [0, 0.05) is 23.4 Å². The molecule has 3 aromatic rings. The number of nitrogens with one attached hydrogen (secondary N) is 1. The van der Waals surface area contributed by atoms with Crippen molar-refractivity contribution in [1.29, 1.82) is 0 Å². The van der Waals surface area contributed by atoms with Gasteiger partial charge in [-0.25, -0.2) is 4.68 Å². The first-order valence-electron chi connectivity index (χ1n) is 8.00. The van der Waals surface area contributed by atoms with Gasteiger partial charge in [0.1, 0.15) is 12.4 Å². The Kier molecular flexibility index (Phi) is 5.68. The molecule has 2 aromatic carbocycles. The van der Waals surface area contributed by atoms with Crippen molar-refractivity contribution >= 4 is 23.2 Å². The Balaban J connectivity index is 1.55. The third kappa shape index (κ3) is 4.83. The van der Waals surface area contributed by atoms with Crippen molar-refractivity contribution < 1.29 is 14.5 Å². The molecule has 1 heterocycles. The van der Waals surface area contributed by atoms with Gasteiger partial charge in [-0.1, -0.05) is 23.7 Å². The fourth-order valence-electron chi connectivity index (χ4n) is 2.32. The number of hydrogen-bond acceptors (Lipinski definition) is 5. The molecule has 0 radical (unpaired) electrons. The molecule has 0 bridgehead atoms. The number of benzene rings is 2. The van der Waals surface area contributed by atoms with Gasteiger partial charge in [0.15, 0.2) is 5.69 Å². The minimum absolute atomic E-state index is 0.0489. The number of hydrogen-bond donors (Lipinski definition) is 1. The van der Waals surface area contributed by atoms with Crippen molar-refractivity contribution in [3.63, 3.8) is 0 Å². The van der Waals surface area contributed by atoms with Crippen LogP contribution in [0.4, 0.5) is 5.69 Å². The van der Waals surface area contributed by atoms with Crippen LogP contribution in [0.3, 0.4) is 0 Å². The molecule has 3 rings (SSSR count). The van der Waals surface area contributed by atoms with Crippen LogP contribution in [0, 0.1) is 10.1 Å². The lowest BCUT2D eigenvalue weighted by atomic mass is 10.3. The van der Waals surface area contributed by atoms with E-state index in [0.29, 0.717) is 16.5 Å². The summed E-state index contributed by atoms with van der Waals surface area (Å²) < 4.78 is 6.90. The Bertz CT molecular complexity index is 973. The van der Waals surface area contributed by atoms with Crippen LogP contribution in [-0.2, 0) is 0 Å². The monoisotopic (exact) mass is 386 g/mol. The predicted molar refractivity (Wildman–Crippen MR) is 99.5 cm³/mol. The lowest BCUT2D eigenvalue weighted by Gasteiger charge is -2.07. The number of aromatic nitrogens is 2. The van der Waals surface area contributed by atoms with E-state index in [9.17, 15) is 14.9 Å². The Morgan fingerprint density at radius 3 is 2.81 bits per heavy atom. The highest BCUT2D eigenvalue weighted by atomic mass is 35.5. The molecule has 0 fully saturated rings. The van der Waals surface area contributed by atoms with Gasteiger partial charge in [-0.2, -0.15) is 5.10 Å². The first-order chi connectivity index (χ1) is 13.0. The number of nitrogens with zero attached hydrogens (tertiary/aromatic N) is 3. The van der Waals surface area contributed by atoms with Crippen molar-refractivity contribution in [2.24, 2.45) is 0 Å².